The third-order valence-corrected chi connectivity index (χ3v) is 4.81. The molecule has 1 aliphatic heterocycles. The van der Waals surface area contributed by atoms with Gasteiger partial charge in [0.1, 0.15) is 5.75 Å². The molecular formula is C15H21NO4S. The number of ether oxygens (including phenoxy) is 1. The van der Waals surface area contributed by atoms with Crippen LogP contribution in [0.4, 0.5) is 0 Å². The number of hydrogen-bond donors (Lipinski definition) is 0. The van der Waals surface area contributed by atoms with E-state index in [1.807, 2.05) is 19.9 Å². The standard InChI is InChI=1S/C15H21NO4S/c1-12-8-16(9-13(2)20-12)15(17)11-21(18,19)10-14-6-4-3-5-7-14/h3-7,12-13H,8-11H2,1-2H3/t12-,13-/m1/s1. The molecule has 6 heteroatoms. The SMILES string of the molecule is C[C@@H]1CN(C(=O)CS(=O)(=O)Cc2ccccc2)C[C@@H](C)O1. The number of nitrogens with zero attached hydrogens (tertiary/aromatic N) is 1. The van der Waals surface area contributed by atoms with Gasteiger partial charge in [0.25, 0.3) is 0 Å². The zero-order chi connectivity index (χ0) is 15.5. The number of benzene rings is 1. The van der Waals surface area contributed by atoms with E-state index in [1.54, 1.807) is 29.2 Å². The maximum Gasteiger partial charge on any atom is 0.237 e. The molecule has 1 aromatic rings. The summed E-state index contributed by atoms with van der Waals surface area (Å²) in [6.07, 6.45) is -0.121. The van der Waals surface area contributed by atoms with Gasteiger partial charge in [-0.05, 0) is 19.4 Å². The van der Waals surface area contributed by atoms with E-state index in [0.29, 0.717) is 18.7 Å². The van der Waals surface area contributed by atoms with E-state index in [1.165, 1.54) is 0 Å². The van der Waals surface area contributed by atoms with Crippen molar-refractivity contribution < 1.29 is 17.9 Å². The van der Waals surface area contributed by atoms with Crippen LogP contribution in [0.25, 0.3) is 0 Å². The lowest BCUT2D eigenvalue weighted by Crippen LogP contribution is -2.49. The summed E-state index contributed by atoms with van der Waals surface area (Å²) in [7, 11) is -3.45. The fourth-order valence-electron chi connectivity index (χ4n) is 2.54. The number of rotatable bonds is 4. The topological polar surface area (TPSA) is 63.7 Å². The summed E-state index contributed by atoms with van der Waals surface area (Å²) in [5.41, 5.74) is 0.703. The molecule has 1 heterocycles. The normalized spacial score (nSPS) is 23.0. The molecule has 1 aliphatic rings. The minimum Gasteiger partial charge on any atom is -0.372 e. The van der Waals surface area contributed by atoms with E-state index in [4.69, 9.17) is 4.74 Å². The van der Waals surface area contributed by atoms with Crippen molar-refractivity contribution in [1.29, 1.82) is 0 Å². The fraction of sp³-hybridized carbons (Fsp3) is 0.533. The van der Waals surface area contributed by atoms with E-state index in [9.17, 15) is 13.2 Å². The summed E-state index contributed by atoms with van der Waals surface area (Å²) in [5, 5.41) is 0. The Balaban J connectivity index is 1.98. The molecular weight excluding hydrogens is 290 g/mol. The lowest BCUT2D eigenvalue weighted by Gasteiger charge is -2.35. The summed E-state index contributed by atoms with van der Waals surface area (Å²) >= 11 is 0. The molecule has 0 unspecified atom stereocenters. The van der Waals surface area contributed by atoms with Crippen LogP contribution in [0.2, 0.25) is 0 Å². The molecule has 2 rings (SSSR count). The number of carbonyl (C=O) groups is 1. The van der Waals surface area contributed by atoms with Crippen molar-refractivity contribution in [1.82, 2.24) is 4.90 Å². The van der Waals surface area contributed by atoms with Crippen molar-refractivity contribution in [2.45, 2.75) is 31.8 Å². The Morgan fingerprint density at radius 3 is 2.33 bits per heavy atom. The Bertz CT molecular complexity index is 575. The van der Waals surface area contributed by atoms with Crippen LogP contribution in [-0.4, -0.2) is 50.3 Å². The molecule has 2 atom stereocenters. The van der Waals surface area contributed by atoms with Crippen LogP contribution >= 0.6 is 0 Å². The summed E-state index contributed by atoms with van der Waals surface area (Å²) in [5.74, 6) is -0.885. The molecule has 21 heavy (non-hydrogen) atoms. The van der Waals surface area contributed by atoms with E-state index in [2.05, 4.69) is 0 Å². The van der Waals surface area contributed by atoms with Gasteiger partial charge < -0.3 is 9.64 Å². The van der Waals surface area contributed by atoms with Gasteiger partial charge >= 0.3 is 0 Å². The molecule has 5 nitrogen and oxygen atoms in total. The third kappa shape index (κ3) is 4.82. The number of hydrogen-bond acceptors (Lipinski definition) is 4. The second kappa shape index (κ2) is 6.58. The molecule has 1 saturated heterocycles. The Hall–Kier alpha value is -1.40. The summed E-state index contributed by atoms with van der Waals surface area (Å²) < 4.78 is 29.8. The number of sulfone groups is 1. The highest BCUT2D eigenvalue weighted by Gasteiger charge is 2.28. The van der Waals surface area contributed by atoms with Crippen LogP contribution < -0.4 is 0 Å². The molecule has 116 valence electrons. The van der Waals surface area contributed by atoms with E-state index >= 15 is 0 Å². The number of amides is 1. The summed E-state index contributed by atoms with van der Waals surface area (Å²) in [6, 6.07) is 8.91. The molecule has 0 aliphatic carbocycles. The van der Waals surface area contributed by atoms with Gasteiger partial charge in [-0.2, -0.15) is 0 Å². The van der Waals surface area contributed by atoms with Crippen molar-refractivity contribution in [2.24, 2.45) is 0 Å². The van der Waals surface area contributed by atoms with Gasteiger partial charge in [0, 0.05) is 13.1 Å². The predicted octanol–water partition coefficient (Wildman–Crippen LogP) is 1.24. The van der Waals surface area contributed by atoms with Crippen molar-refractivity contribution in [2.75, 3.05) is 18.8 Å². The fourth-order valence-corrected chi connectivity index (χ4v) is 3.90. The van der Waals surface area contributed by atoms with E-state index in [-0.39, 0.29) is 23.9 Å². The minimum atomic E-state index is -3.45. The van der Waals surface area contributed by atoms with Crippen LogP contribution in [-0.2, 0) is 25.1 Å². The molecule has 0 N–H and O–H groups in total. The lowest BCUT2D eigenvalue weighted by molar-refractivity contribution is -0.140. The van der Waals surface area contributed by atoms with Crippen molar-refractivity contribution in [3.8, 4) is 0 Å². The molecule has 1 amide bonds. The second-order valence-electron chi connectivity index (χ2n) is 5.57. The van der Waals surface area contributed by atoms with Crippen LogP contribution in [0.5, 0.6) is 0 Å². The molecule has 1 aromatic carbocycles. The second-order valence-corrected chi connectivity index (χ2v) is 7.64. The van der Waals surface area contributed by atoms with Gasteiger partial charge in [0.15, 0.2) is 9.84 Å². The average molecular weight is 311 g/mol. The third-order valence-electron chi connectivity index (χ3n) is 3.35. The van der Waals surface area contributed by atoms with E-state index in [0.717, 1.165) is 0 Å². The lowest BCUT2D eigenvalue weighted by atomic mass is 10.2. The van der Waals surface area contributed by atoms with Gasteiger partial charge in [-0.1, -0.05) is 30.3 Å². The van der Waals surface area contributed by atoms with Crippen LogP contribution in [0, 0.1) is 0 Å². The van der Waals surface area contributed by atoms with Gasteiger partial charge in [0.05, 0.1) is 18.0 Å². The van der Waals surface area contributed by atoms with Gasteiger partial charge in [-0.25, -0.2) is 8.42 Å². The molecule has 0 radical (unpaired) electrons. The number of carbonyl (C=O) groups excluding carboxylic acids is 1. The summed E-state index contributed by atoms with van der Waals surface area (Å²) in [4.78, 5) is 13.8. The van der Waals surface area contributed by atoms with Crippen molar-refractivity contribution >= 4 is 15.7 Å². The Morgan fingerprint density at radius 2 is 1.76 bits per heavy atom. The minimum absolute atomic E-state index is 0.0606. The monoisotopic (exact) mass is 311 g/mol. The molecule has 0 spiro atoms. The number of morpholine rings is 1. The first kappa shape index (κ1) is 16.0. The average Bonchev–Trinajstić information content (AvgIpc) is 2.37. The van der Waals surface area contributed by atoms with E-state index < -0.39 is 15.6 Å². The van der Waals surface area contributed by atoms with Gasteiger partial charge in [-0.15, -0.1) is 0 Å². The predicted molar refractivity (Wildman–Crippen MR) is 80.5 cm³/mol. The van der Waals surface area contributed by atoms with Gasteiger partial charge in [0.2, 0.25) is 5.91 Å². The summed E-state index contributed by atoms with van der Waals surface area (Å²) in [6.45, 7) is 4.66. The zero-order valence-electron chi connectivity index (χ0n) is 12.4. The highest BCUT2D eigenvalue weighted by molar-refractivity contribution is 7.91. The van der Waals surface area contributed by atoms with Crippen LogP contribution in [0.1, 0.15) is 19.4 Å². The Kier molecular flexibility index (Phi) is 5.00. The Morgan fingerprint density at radius 1 is 1.19 bits per heavy atom. The zero-order valence-corrected chi connectivity index (χ0v) is 13.2. The highest BCUT2D eigenvalue weighted by Crippen LogP contribution is 2.13. The van der Waals surface area contributed by atoms with Crippen LogP contribution in [0.15, 0.2) is 30.3 Å². The maximum absolute atomic E-state index is 12.2. The van der Waals surface area contributed by atoms with Crippen molar-refractivity contribution in [3.63, 3.8) is 0 Å². The molecule has 0 saturated carbocycles. The van der Waals surface area contributed by atoms with Crippen LogP contribution in [0.3, 0.4) is 0 Å². The first-order valence-corrected chi connectivity index (χ1v) is 8.85. The molecule has 0 bridgehead atoms. The first-order valence-electron chi connectivity index (χ1n) is 7.03. The molecule has 0 aromatic heterocycles. The quantitative estimate of drug-likeness (QED) is 0.839. The highest BCUT2D eigenvalue weighted by atomic mass is 32.2. The maximum atomic E-state index is 12.2. The van der Waals surface area contributed by atoms with Crippen molar-refractivity contribution in [3.05, 3.63) is 35.9 Å². The largest absolute Gasteiger partial charge is 0.372 e. The Labute approximate surface area is 125 Å². The van der Waals surface area contributed by atoms with Gasteiger partial charge in [-0.3, -0.25) is 4.79 Å². The smallest absolute Gasteiger partial charge is 0.237 e. The molecule has 1 fully saturated rings. The first-order chi connectivity index (χ1) is 9.85.